The molecular formula is C22H18F4N4O3. The molecule has 11 heteroatoms. The van der Waals surface area contributed by atoms with Gasteiger partial charge in [0.1, 0.15) is 17.2 Å². The molecule has 7 nitrogen and oxygen atoms in total. The molecule has 0 saturated heterocycles. The third-order valence-electron chi connectivity index (χ3n) is 4.72. The van der Waals surface area contributed by atoms with Gasteiger partial charge in [-0.3, -0.25) is 4.40 Å². The highest BCUT2D eigenvalue weighted by Crippen LogP contribution is 2.39. The summed E-state index contributed by atoms with van der Waals surface area (Å²) >= 11 is 0. The van der Waals surface area contributed by atoms with Crippen molar-refractivity contribution >= 4 is 17.2 Å². The maximum atomic E-state index is 13.2. The first kappa shape index (κ1) is 22.2. The summed E-state index contributed by atoms with van der Waals surface area (Å²) < 4.78 is 68.2. The first-order valence-corrected chi connectivity index (χ1v) is 9.59. The zero-order valence-corrected chi connectivity index (χ0v) is 17.4. The summed E-state index contributed by atoms with van der Waals surface area (Å²) in [4.78, 5) is 8.68. The van der Waals surface area contributed by atoms with Crippen molar-refractivity contribution < 1.29 is 31.8 Å². The first-order chi connectivity index (χ1) is 15.8. The Labute approximate surface area is 185 Å². The highest BCUT2D eigenvalue weighted by atomic mass is 19.3. The van der Waals surface area contributed by atoms with Gasteiger partial charge in [0, 0.05) is 24.1 Å². The van der Waals surface area contributed by atoms with E-state index < -0.39 is 18.3 Å². The molecule has 0 unspecified atom stereocenters. The Morgan fingerprint density at radius 1 is 1.00 bits per heavy atom. The average Bonchev–Trinajstić information content (AvgIpc) is 3.23. The molecule has 0 atom stereocenters. The van der Waals surface area contributed by atoms with E-state index in [0.717, 1.165) is 12.1 Å². The minimum Gasteiger partial charge on any atom is -0.496 e. The van der Waals surface area contributed by atoms with Crippen LogP contribution in [0.15, 0.2) is 61.1 Å². The van der Waals surface area contributed by atoms with Gasteiger partial charge in [-0.1, -0.05) is 12.1 Å². The van der Waals surface area contributed by atoms with Crippen LogP contribution in [-0.4, -0.2) is 41.1 Å². The largest absolute Gasteiger partial charge is 0.496 e. The van der Waals surface area contributed by atoms with Gasteiger partial charge in [-0.2, -0.15) is 17.6 Å². The van der Waals surface area contributed by atoms with Crippen LogP contribution < -0.4 is 19.5 Å². The van der Waals surface area contributed by atoms with E-state index in [4.69, 9.17) is 9.47 Å². The number of halogens is 4. The van der Waals surface area contributed by atoms with E-state index in [2.05, 4.69) is 20.0 Å². The number of ether oxygens (including phenoxy) is 3. The molecule has 0 amide bonds. The van der Waals surface area contributed by atoms with Gasteiger partial charge in [0.2, 0.25) is 0 Å². The number of alkyl halides is 4. The topological polar surface area (TPSA) is 69.9 Å². The van der Waals surface area contributed by atoms with Gasteiger partial charge < -0.3 is 19.5 Å². The number of anilines is 2. The Morgan fingerprint density at radius 2 is 1.70 bits per heavy atom. The maximum absolute atomic E-state index is 13.2. The van der Waals surface area contributed by atoms with E-state index in [1.54, 1.807) is 55.3 Å². The Bertz CT molecular complexity index is 1260. The number of fused-ring (bicyclic) bond motifs is 1. The second kappa shape index (κ2) is 8.85. The molecule has 0 aliphatic carbocycles. The van der Waals surface area contributed by atoms with E-state index in [0.29, 0.717) is 34.2 Å². The molecule has 172 valence electrons. The zero-order valence-electron chi connectivity index (χ0n) is 17.4. The summed E-state index contributed by atoms with van der Waals surface area (Å²) in [6, 6.07) is 10.6. The fourth-order valence-corrected chi connectivity index (χ4v) is 3.27. The van der Waals surface area contributed by atoms with Crippen LogP contribution in [-0.2, 0) is 0 Å². The van der Waals surface area contributed by atoms with Crippen molar-refractivity contribution in [2.45, 2.75) is 12.5 Å². The van der Waals surface area contributed by atoms with Crippen LogP contribution in [0.4, 0.5) is 29.1 Å². The Kier molecular flexibility index (Phi) is 5.95. The third kappa shape index (κ3) is 4.34. The second-order valence-electron chi connectivity index (χ2n) is 6.77. The number of nitrogens with zero attached hydrogens (tertiary/aromatic N) is 3. The molecule has 4 rings (SSSR count). The van der Waals surface area contributed by atoms with Crippen LogP contribution in [0.1, 0.15) is 0 Å². The number of aromatic nitrogens is 3. The van der Waals surface area contributed by atoms with Crippen LogP contribution in [0.3, 0.4) is 0 Å². The number of rotatable bonds is 8. The van der Waals surface area contributed by atoms with Gasteiger partial charge in [0.15, 0.2) is 11.5 Å². The lowest BCUT2D eigenvalue weighted by Gasteiger charge is -2.17. The number of hydrogen-bond acceptors (Lipinski definition) is 6. The molecule has 2 heterocycles. The van der Waals surface area contributed by atoms with Crippen molar-refractivity contribution in [3.63, 3.8) is 0 Å². The summed E-state index contributed by atoms with van der Waals surface area (Å²) in [5, 5.41) is 2.95. The van der Waals surface area contributed by atoms with Gasteiger partial charge in [0.05, 0.1) is 31.7 Å². The quantitative estimate of drug-likeness (QED) is 0.354. The summed E-state index contributed by atoms with van der Waals surface area (Å²) in [5.74, 6) is 1.02. The Morgan fingerprint density at radius 3 is 2.36 bits per heavy atom. The Balaban J connectivity index is 1.70. The average molecular weight is 462 g/mol. The minimum atomic E-state index is -4.61. The van der Waals surface area contributed by atoms with Crippen molar-refractivity contribution in [1.82, 2.24) is 14.4 Å². The summed E-state index contributed by atoms with van der Waals surface area (Å²) in [6.07, 6.45) is -3.74. The third-order valence-corrected chi connectivity index (χ3v) is 4.72. The van der Waals surface area contributed by atoms with Crippen molar-refractivity contribution in [3.05, 3.63) is 61.1 Å². The van der Waals surface area contributed by atoms with Crippen LogP contribution in [0.25, 0.3) is 16.9 Å². The van der Waals surface area contributed by atoms with Gasteiger partial charge in [-0.05, 0) is 24.3 Å². The molecule has 0 saturated carbocycles. The molecule has 2 aromatic carbocycles. The number of benzene rings is 2. The molecule has 1 N–H and O–H groups in total. The minimum absolute atomic E-state index is 0.289. The van der Waals surface area contributed by atoms with E-state index in [-0.39, 0.29) is 5.69 Å². The number of methoxy groups -OCH3 is 2. The van der Waals surface area contributed by atoms with E-state index >= 15 is 0 Å². The number of hydrogen-bond donors (Lipinski definition) is 1. The molecule has 0 aliphatic heterocycles. The maximum Gasteiger partial charge on any atom is 0.461 e. The SMILES string of the molecule is COc1cccc(OC)c1-c1cnc2c(Nc3cccc(OC(F)(F)C(F)F)c3)nccn12. The molecule has 0 radical (unpaired) electrons. The molecule has 4 aromatic rings. The normalized spacial score (nSPS) is 11.6. The smallest absolute Gasteiger partial charge is 0.461 e. The molecular weight excluding hydrogens is 444 g/mol. The molecule has 0 spiro atoms. The van der Waals surface area contributed by atoms with Gasteiger partial charge >= 0.3 is 12.5 Å². The van der Waals surface area contributed by atoms with Crippen molar-refractivity contribution in [1.29, 1.82) is 0 Å². The van der Waals surface area contributed by atoms with Gasteiger partial charge in [-0.15, -0.1) is 0 Å². The lowest BCUT2D eigenvalue weighted by atomic mass is 10.1. The van der Waals surface area contributed by atoms with Crippen molar-refractivity contribution in [3.8, 4) is 28.5 Å². The van der Waals surface area contributed by atoms with Crippen molar-refractivity contribution in [2.24, 2.45) is 0 Å². The fourth-order valence-electron chi connectivity index (χ4n) is 3.27. The Hall–Kier alpha value is -4.02. The lowest BCUT2D eigenvalue weighted by Crippen LogP contribution is -2.33. The van der Waals surface area contributed by atoms with E-state index in [9.17, 15) is 17.6 Å². The summed E-state index contributed by atoms with van der Waals surface area (Å²) in [5.41, 5.74) is 2.05. The first-order valence-electron chi connectivity index (χ1n) is 9.59. The molecule has 0 fully saturated rings. The molecule has 0 bridgehead atoms. The molecule has 0 aliphatic rings. The van der Waals surface area contributed by atoms with Gasteiger partial charge in [0.25, 0.3) is 0 Å². The molecule has 2 aromatic heterocycles. The zero-order chi connectivity index (χ0) is 23.6. The highest BCUT2D eigenvalue weighted by molar-refractivity contribution is 5.79. The summed E-state index contributed by atoms with van der Waals surface area (Å²) in [6.45, 7) is 0. The van der Waals surface area contributed by atoms with E-state index in [1.807, 2.05) is 0 Å². The predicted molar refractivity (Wildman–Crippen MR) is 113 cm³/mol. The van der Waals surface area contributed by atoms with Crippen molar-refractivity contribution in [2.75, 3.05) is 19.5 Å². The van der Waals surface area contributed by atoms with Crippen LogP contribution >= 0.6 is 0 Å². The highest BCUT2D eigenvalue weighted by Gasteiger charge is 2.44. The number of nitrogens with one attached hydrogen (secondary N) is 1. The van der Waals surface area contributed by atoms with Gasteiger partial charge in [-0.25, -0.2) is 9.97 Å². The number of imidazole rings is 1. The lowest BCUT2D eigenvalue weighted by molar-refractivity contribution is -0.253. The monoisotopic (exact) mass is 462 g/mol. The standard InChI is InChI=1S/C22H18F4N4O3/c1-31-16-7-4-8-17(32-2)18(16)15-12-28-20-19(27-9-10-30(15)20)29-13-5-3-6-14(11-13)33-22(25,26)21(23)24/h3-12,21H,1-2H3,(H,27,29). The fraction of sp³-hybridized carbons (Fsp3) is 0.182. The predicted octanol–water partition coefficient (Wildman–Crippen LogP) is 5.39. The molecule has 33 heavy (non-hydrogen) atoms. The van der Waals surface area contributed by atoms with Crippen LogP contribution in [0.5, 0.6) is 17.2 Å². The second-order valence-corrected chi connectivity index (χ2v) is 6.77. The van der Waals surface area contributed by atoms with Crippen LogP contribution in [0.2, 0.25) is 0 Å². The van der Waals surface area contributed by atoms with Crippen LogP contribution in [0, 0.1) is 0 Å². The van der Waals surface area contributed by atoms with E-state index in [1.165, 1.54) is 12.3 Å². The summed E-state index contributed by atoms with van der Waals surface area (Å²) in [7, 11) is 3.09.